The second-order valence-corrected chi connectivity index (χ2v) is 8.74. The fourth-order valence-corrected chi connectivity index (χ4v) is 4.53. The van der Waals surface area contributed by atoms with Crippen LogP contribution in [0.2, 0.25) is 0 Å². The second-order valence-electron chi connectivity index (χ2n) is 8.74. The van der Waals surface area contributed by atoms with Gasteiger partial charge >= 0.3 is 12.4 Å². The molecule has 0 bridgehead atoms. The Morgan fingerprint density at radius 1 is 1.00 bits per heavy atom. The van der Waals surface area contributed by atoms with Crippen molar-refractivity contribution in [1.29, 1.82) is 0 Å². The van der Waals surface area contributed by atoms with Crippen molar-refractivity contribution in [2.24, 2.45) is 0 Å². The minimum absolute atomic E-state index is 0.0378. The molecule has 8 nitrogen and oxygen atoms in total. The fraction of sp³-hybridized carbons (Fsp3) is 0.304. The Hall–Kier alpha value is -4.10. The van der Waals surface area contributed by atoms with Gasteiger partial charge in [-0.25, -0.2) is 4.98 Å². The van der Waals surface area contributed by atoms with E-state index in [1.165, 1.54) is 4.90 Å². The monoisotopic (exact) mass is 525 g/mol. The largest absolute Gasteiger partial charge is 0.417 e. The van der Waals surface area contributed by atoms with Crippen molar-refractivity contribution in [2.75, 3.05) is 5.32 Å². The predicted molar refractivity (Wildman–Crippen MR) is 116 cm³/mol. The van der Waals surface area contributed by atoms with E-state index in [9.17, 15) is 40.7 Å². The molecule has 194 valence electrons. The predicted octanol–water partition coefficient (Wildman–Crippen LogP) is 3.97. The minimum atomic E-state index is -5.21. The zero-order chi connectivity index (χ0) is 26.7. The van der Waals surface area contributed by atoms with Crippen LogP contribution in [0, 0.1) is 0 Å². The van der Waals surface area contributed by atoms with E-state index < -0.39 is 41.3 Å². The molecule has 37 heavy (non-hydrogen) atoms. The molecule has 2 aliphatic rings. The number of aromatic amines is 1. The lowest BCUT2D eigenvalue weighted by atomic mass is 10.0. The number of amides is 3. The number of aromatic nitrogens is 2. The maximum Gasteiger partial charge on any atom is 0.417 e. The number of rotatable bonds is 4. The summed E-state index contributed by atoms with van der Waals surface area (Å²) in [5.74, 6) is -1.31. The number of fused-ring (bicyclic) bond motifs is 2. The summed E-state index contributed by atoms with van der Waals surface area (Å²) in [4.78, 5) is 44.2. The van der Waals surface area contributed by atoms with Gasteiger partial charge < -0.3 is 15.2 Å². The summed E-state index contributed by atoms with van der Waals surface area (Å²) in [5.41, 5.74) is -2.45. The molecule has 3 amide bonds. The van der Waals surface area contributed by atoms with E-state index in [-0.39, 0.29) is 48.8 Å². The molecule has 2 aliphatic heterocycles. The van der Waals surface area contributed by atoms with Crippen molar-refractivity contribution in [3.05, 3.63) is 58.1 Å². The third-order valence-corrected chi connectivity index (χ3v) is 6.28. The van der Waals surface area contributed by atoms with E-state index in [0.29, 0.717) is 28.8 Å². The van der Waals surface area contributed by atoms with E-state index in [2.05, 4.69) is 20.6 Å². The molecule has 1 fully saturated rings. The van der Waals surface area contributed by atoms with Gasteiger partial charge in [-0.3, -0.25) is 19.7 Å². The van der Waals surface area contributed by atoms with Gasteiger partial charge in [-0.1, -0.05) is 12.1 Å². The van der Waals surface area contributed by atoms with Gasteiger partial charge in [0.2, 0.25) is 17.8 Å². The number of nitrogens with one attached hydrogen (secondary N) is 3. The molecule has 1 unspecified atom stereocenters. The Balaban J connectivity index is 1.33. The molecule has 0 spiro atoms. The third-order valence-electron chi connectivity index (χ3n) is 6.28. The van der Waals surface area contributed by atoms with Crippen molar-refractivity contribution >= 4 is 34.7 Å². The van der Waals surface area contributed by atoms with Crippen LogP contribution in [0.25, 0.3) is 11.0 Å². The second kappa shape index (κ2) is 8.49. The van der Waals surface area contributed by atoms with Crippen LogP contribution >= 0.6 is 0 Å². The summed E-state index contributed by atoms with van der Waals surface area (Å²) in [6, 6.07) is 4.87. The van der Waals surface area contributed by atoms with Crippen molar-refractivity contribution < 1.29 is 40.7 Å². The number of anilines is 1. The van der Waals surface area contributed by atoms with E-state index in [0.717, 1.165) is 0 Å². The summed E-state index contributed by atoms with van der Waals surface area (Å²) in [7, 11) is 0. The van der Waals surface area contributed by atoms with Crippen LogP contribution in [0.15, 0.2) is 30.3 Å². The third kappa shape index (κ3) is 4.58. The number of hydrogen-bond acceptors (Lipinski definition) is 5. The molecule has 14 heteroatoms. The maximum absolute atomic E-state index is 13.2. The number of halogens is 6. The Morgan fingerprint density at radius 2 is 1.70 bits per heavy atom. The number of H-pyrrole nitrogens is 1. The highest BCUT2D eigenvalue weighted by Crippen LogP contribution is 2.42. The van der Waals surface area contributed by atoms with Crippen LogP contribution < -0.4 is 10.6 Å². The molecule has 3 N–H and O–H groups in total. The van der Waals surface area contributed by atoms with Gasteiger partial charge in [0, 0.05) is 25.1 Å². The average molecular weight is 525 g/mol. The fourth-order valence-electron chi connectivity index (χ4n) is 4.53. The molecule has 1 saturated heterocycles. The first-order chi connectivity index (χ1) is 17.3. The first-order valence-corrected chi connectivity index (χ1v) is 11.0. The summed E-state index contributed by atoms with van der Waals surface area (Å²) in [5, 5.41) is 5.05. The lowest BCUT2D eigenvalue weighted by molar-refractivity contribution is -0.161. The van der Waals surface area contributed by atoms with Crippen LogP contribution in [0.4, 0.5) is 32.3 Å². The van der Waals surface area contributed by atoms with Gasteiger partial charge in [-0.15, -0.1) is 0 Å². The topological polar surface area (TPSA) is 107 Å². The summed E-state index contributed by atoms with van der Waals surface area (Å²) in [6.07, 6.45) is -10.1. The van der Waals surface area contributed by atoms with Crippen molar-refractivity contribution in [2.45, 2.75) is 44.3 Å². The Morgan fingerprint density at radius 3 is 2.38 bits per heavy atom. The molecule has 3 heterocycles. The number of hydrogen-bond donors (Lipinski definition) is 3. The minimum Gasteiger partial charge on any atom is -0.352 e. The van der Waals surface area contributed by atoms with Crippen LogP contribution in [0.1, 0.15) is 45.5 Å². The number of imidazole rings is 1. The molecule has 2 aromatic carbocycles. The Labute approximate surface area is 204 Å². The van der Waals surface area contributed by atoms with Crippen LogP contribution in [0.3, 0.4) is 0 Å². The van der Waals surface area contributed by atoms with Gasteiger partial charge in [0.25, 0.3) is 5.91 Å². The zero-order valence-electron chi connectivity index (χ0n) is 18.7. The molecular weight excluding hydrogens is 508 g/mol. The van der Waals surface area contributed by atoms with Gasteiger partial charge in [0.15, 0.2) is 0 Å². The van der Waals surface area contributed by atoms with Gasteiger partial charge in [-0.2, -0.15) is 26.3 Å². The van der Waals surface area contributed by atoms with Crippen molar-refractivity contribution in [3.63, 3.8) is 0 Å². The SMILES string of the molecule is O=C1CCC(N2Cc3cc(CNc4nc5cc(C(F)(F)F)c(C(F)(F)F)cc5[nH]4)ccc3C2=O)C(=O)N1. The van der Waals surface area contributed by atoms with Gasteiger partial charge in [0.1, 0.15) is 6.04 Å². The highest BCUT2D eigenvalue weighted by Gasteiger charge is 2.44. The number of imide groups is 1. The first kappa shape index (κ1) is 24.6. The lowest BCUT2D eigenvalue weighted by Gasteiger charge is -2.29. The number of carbonyl (C=O) groups excluding carboxylic acids is 3. The van der Waals surface area contributed by atoms with Crippen molar-refractivity contribution in [1.82, 2.24) is 20.2 Å². The molecule has 0 radical (unpaired) electrons. The van der Waals surface area contributed by atoms with Gasteiger partial charge in [-0.05, 0) is 35.7 Å². The Kier molecular flexibility index (Phi) is 5.64. The average Bonchev–Trinajstić information content (AvgIpc) is 3.35. The molecule has 0 aliphatic carbocycles. The first-order valence-electron chi connectivity index (χ1n) is 11.0. The van der Waals surface area contributed by atoms with E-state index in [4.69, 9.17) is 0 Å². The highest BCUT2D eigenvalue weighted by atomic mass is 19.4. The maximum atomic E-state index is 13.2. The number of alkyl halides is 6. The molecule has 0 saturated carbocycles. The van der Waals surface area contributed by atoms with Crippen LogP contribution in [-0.2, 0) is 35.0 Å². The van der Waals surface area contributed by atoms with Gasteiger partial charge in [0.05, 0.1) is 22.2 Å². The molecule has 1 aromatic heterocycles. The molecular formula is C23H17F6N5O3. The normalized spacial score (nSPS) is 18.4. The lowest BCUT2D eigenvalue weighted by Crippen LogP contribution is -2.52. The summed E-state index contributed by atoms with van der Waals surface area (Å²) >= 11 is 0. The van der Waals surface area contributed by atoms with E-state index in [1.807, 2.05) is 0 Å². The number of nitrogens with zero attached hydrogens (tertiary/aromatic N) is 2. The standard InChI is InChI=1S/C23H17F6N5O3/c24-22(25,26)13-6-15-16(7-14(13)23(27,28)29)32-21(31-15)30-8-10-1-2-12-11(5-10)9-34(20(12)37)17-3-4-18(35)33-19(17)36/h1-2,5-7,17H,3-4,8-9H2,(H2,30,31,32)(H,33,35,36). The molecule has 3 aromatic rings. The van der Waals surface area contributed by atoms with E-state index in [1.54, 1.807) is 18.2 Å². The quantitative estimate of drug-likeness (QED) is 0.353. The van der Waals surface area contributed by atoms with E-state index >= 15 is 0 Å². The van der Waals surface area contributed by atoms with Crippen molar-refractivity contribution in [3.8, 4) is 0 Å². The summed E-state index contributed by atoms with van der Waals surface area (Å²) < 4.78 is 79.1. The summed E-state index contributed by atoms with van der Waals surface area (Å²) in [6.45, 7) is 0.247. The van der Waals surface area contributed by atoms with Crippen LogP contribution in [0.5, 0.6) is 0 Å². The number of piperidine rings is 1. The number of carbonyl (C=O) groups is 3. The van der Waals surface area contributed by atoms with Crippen LogP contribution in [-0.4, -0.2) is 38.6 Å². The molecule has 1 atom stereocenters. The highest BCUT2D eigenvalue weighted by molar-refractivity contribution is 6.05. The zero-order valence-corrected chi connectivity index (χ0v) is 18.7. The smallest absolute Gasteiger partial charge is 0.352 e. The Bertz CT molecular complexity index is 1390. The molecule has 5 rings (SSSR count). The number of benzene rings is 2.